The van der Waals surface area contributed by atoms with Crippen LogP contribution in [0.5, 0.6) is 0 Å². The number of aromatic nitrogens is 4. The van der Waals surface area contributed by atoms with Gasteiger partial charge in [-0.2, -0.15) is 0 Å². The van der Waals surface area contributed by atoms with Crippen molar-refractivity contribution in [1.82, 2.24) is 20.3 Å². The first-order valence-electron chi connectivity index (χ1n) is 8.64. The largest absolute Gasteiger partial charge is 0.360 e. The topological polar surface area (TPSA) is 96.7 Å². The zero-order valence-corrected chi connectivity index (χ0v) is 16.6. The molecule has 0 aliphatic rings. The summed E-state index contributed by atoms with van der Waals surface area (Å²) in [5.41, 5.74) is 0.881. The van der Waals surface area contributed by atoms with Gasteiger partial charge >= 0.3 is 0 Å². The number of unbranched alkanes of at least 4 members (excludes halogenated alkanes) is 1. The van der Waals surface area contributed by atoms with E-state index in [1.54, 1.807) is 25.1 Å². The van der Waals surface area contributed by atoms with Crippen molar-refractivity contribution in [1.29, 1.82) is 0 Å². The zero-order chi connectivity index (χ0) is 19.2. The maximum Gasteiger partial charge on any atom is 0.239 e. The van der Waals surface area contributed by atoms with Crippen LogP contribution in [0.1, 0.15) is 31.9 Å². The highest BCUT2D eigenvalue weighted by molar-refractivity contribution is 8.00. The van der Waals surface area contributed by atoms with Crippen LogP contribution in [0.25, 0.3) is 11.4 Å². The molecular formula is C18H20ClN5O2S. The number of nitrogens with one attached hydrogen (secondary N) is 2. The van der Waals surface area contributed by atoms with Crippen molar-refractivity contribution in [3.05, 3.63) is 41.1 Å². The summed E-state index contributed by atoms with van der Waals surface area (Å²) < 4.78 is 4.99. The average molecular weight is 406 g/mol. The van der Waals surface area contributed by atoms with Gasteiger partial charge in [-0.05, 0) is 37.6 Å². The first-order chi connectivity index (χ1) is 13.0. The van der Waals surface area contributed by atoms with E-state index in [1.807, 2.05) is 12.1 Å². The number of aromatic amines is 1. The fourth-order valence-electron chi connectivity index (χ4n) is 2.43. The number of carbonyl (C=O) groups is 1. The number of hydrogen-bond acceptors (Lipinski definition) is 6. The predicted molar refractivity (Wildman–Crippen MR) is 106 cm³/mol. The molecule has 9 heteroatoms. The molecule has 1 amide bonds. The molecule has 3 rings (SSSR count). The number of rotatable bonds is 8. The van der Waals surface area contributed by atoms with Crippen molar-refractivity contribution in [2.24, 2.45) is 0 Å². The lowest BCUT2D eigenvalue weighted by molar-refractivity contribution is -0.115. The normalized spacial score (nSPS) is 12.1. The maximum absolute atomic E-state index is 12.7. The Hall–Kier alpha value is -2.32. The Balaban J connectivity index is 1.70. The summed E-state index contributed by atoms with van der Waals surface area (Å²) in [4.78, 5) is 17.1. The summed E-state index contributed by atoms with van der Waals surface area (Å²) in [5.74, 6) is 1.55. The van der Waals surface area contributed by atoms with Gasteiger partial charge in [0.25, 0.3) is 0 Å². The van der Waals surface area contributed by atoms with Crippen LogP contribution >= 0.6 is 23.4 Å². The predicted octanol–water partition coefficient (Wildman–Crippen LogP) is 4.71. The minimum absolute atomic E-state index is 0.139. The van der Waals surface area contributed by atoms with Crippen LogP contribution in [0.3, 0.4) is 0 Å². The Morgan fingerprint density at radius 3 is 2.81 bits per heavy atom. The van der Waals surface area contributed by atoms with Crippen molar-refractivity contribution in [3.8, 4) is 11.4 Å². The fourth-order valence-corrected chi connectivity index (χ4v) is 3.50. The molecule has 142 valence electrons. The van der Waals surface area contributed by atoms with Crippen molar-refractivity contribution in [3.63, 3.8) is 0 Å². The Bertz CT molecular complexity index is 893. The van der Waals surface area contributed by atoms with Gasteiger partial charge in [0.05, 0.1) is 5.25 Å². The van der Waals surface area contributed by atoms with Gasteiger partial charge < -0.3 is 9.84 Å². The quantitative estimate of drug-likeness (QED) is 0.526. The Morgan fingerprint density at radius 2 is 2.15 bits per heavy atom. The minimum atomic E-state index is -0.323. The Kier molecular flexibility index (Phi) is 6.52. The molecular weight excluding hydrogens is 386 g/mol. The number of halogens is 1. The molecule has 0 aliphatic carbocycles. The van der Waals surface area contributed by atoms with Crippen LogP contribution in [-0.4, -0.2) is 31.5 Å². The molecule has 0 unspecified atom stereocenters. The highest BCUT2D eigenvalue weighted by atomic mass is 35.5. The van der Waals surface area contributed by atoms with E-state index >= 15 is 0 Å². The number of aryl methyl sites for hydroxylation is 1. The number of amides is 1. The smallest absolute Gasteiger partial charge is 0.239 e. The first-order valence-corrected chi connectivity index (χ1v) is 9.90. The monoisotopic (exact) mass is 405 g/mol. The van der Waals surface area contributed by atoms with Crippen LogP contribution in [0.2, 0.25) is 5.02 Å². The van der Waals surface area contributed by atoms with E-state index in [0.717, 1.165) is 18.4 Å². The Labute approximate surface area is 166 Å². The standard InChI is InChI=1S/C18H20ClN5O2S/c1-3-4-5-14(17(25)20-15-10-11(2)26-24-15)27-18-21-16(22-23-18)12-6-8-13(19)9-7-12/h6-10,14H,3-5H2,1-2H3,(H,20,24,25)(H,21,22,23)/t14-/m0/s1. The molecule has 0 radical (unpaired) electrons. The van der Waals surface area contributed by atoms with E-state index in [-0.39, 0.29) is 11.2 Å². The van der Waals surface area contributed by atoms with Crippen molar-refractivity contribution in [2.75, 3.05) is 5.32 Å². The second-order valence-electron chi connectivity index (χ2n) is 6.03. The van der Waals surface area contributed by atoms with Crippen LogP contribution in [-0.2, 0) is 4.79 Å². The molecule has 0 fully saturated rings. The number of carbonyl (C=O) groups excluding carboxylic acids is 1. The van der Waals surface area contributed by atoms with Gasteiger partial charge in [-0.1, -0.05) is 48.3 Å². The lowest BCUT2D eigenvalue weighted by Crippen LogP contribution is -2.25. The summed E-state index contributed by atoms with van der Waals surface area (Å²) >= 11 is 7.25. The van der Waals surface area contributed by atoms with E-state index in [1.165, 1.54) is 11.8 Å². The number of anilines is 1. The number of hydrogen-bond donors (Lipinski definition) is 2. The maximum atomic E-state index is 12.7. The van der Waals surface area contributed by atoms with Gasteiger partial charge in [0, 0.05) is 16.7 Å². The second kappa shape index (κ2) is 9.05. The number of nitrogens with zero attached hydrogens (tertiary/aromatic N) is 3. The van der Waals surface area contributed by atoms with Crippen molar-refractivity contribution < 1.29 is 9.32 Å². The summed E-state index contributed by atoms with van der Waals surface area (Å²) in [6, 6.07) is 9.01. The van der Waals surface area contributed by atoms with Gasteiger partial charge in [0.15, 0.2) is 11.6 Å². The fraction of sp³-hybridized carbons (Fsp3) is 0.333. The number of H-pyrrole nitrogens is 1. The summed E-state index contributed by atoms with van der Waals surface area (Å²) in [7, 11) is 0. The molecule has 0 spiro atoms. The van der Waals surface area contributed by atoms with E-state index < -0.39 is 0 Å². The van der Waals surface area contributed by atoms with Crippen molar-refractivity contribution >= 4 is 35.1 Å². The van der Waals surface area contributed by atoms with Gasteiger partial charge in [-0.3, -0.25) is 9.89 Å². The summed E-state index contributed by atoms with van der Waals surface area (Å²) in [5, 5.41) is 14.6. The molecule has 1 atom stereocenters. The lowest BCUT2D eigenvalue weighted by atomic mass is 10.2. The highest BCUT2D eigenvalue weighted by Gasteiger charge is 2.23. The molecule has 2 N–H and O–H groups in total. The molecule has 7 nitrogen and oxygen atoms in total. The first kappa shape index (κ1) is 19.4. The SMILES string of the molecule is CCCC[C@H](Sc1n[nH]c(-c2ccc(Cl)cc2)n1)C(=O)Nc1cc(C)on1. The second-order valence-corrected chi connectivity index (χ2v) is 7.64. The van der Waals surface area contributed by atoms with Crippen LogP contribution < -0.4 is 5.32 Å². The number of thioether (sulfide) groups is 1. The molecule has 0 aliphatic heterocycles. The summed E-state index contributed by atoms with van der Waals surface area (Å²) in [6.07, 6.45) is 2.64. The zero-order valence-electron chi connectivity index (χ0n) is 15.0. The lowest BCUT2D eigenvalue weighted by Gasteiger charge is -2.13. The molecule has 0 saturated carbocycles. The van der Waals surface area contributed by atoms with Crippen LogP contribution in [0.4, 0.5) is 5.82 Å². The molecule has 2 heterocycles. The third kappa shape index (κ3) is 5.33. The molecule has 3 aromatic rings. The average Bonchev–Trinajstić information content (AvgIpc) is 3.28. The Morgan fingerprint density at radius 1 is 1.37 bits per heavy atom. The molecule has 0 saturated heterocycles. The third-order valence-corrected chi connectivity index (χ3v) is 5.20. The molecule has 2 aromatic heterocycles. The van der Waals surface area contributed by atoms with Crippen LogP contribution in [0, 0.1) is 6.92 Å². The van der Waals surface area contributed by atoms with E-state index in [0.29, 0.717) is 34.0 Å². The van der Waals surface area contributed by atoms with Gasteiger partial charge in [-0.25, -0.2) is 4.98 Å². The molecule has 27 heavy (non-hydrogen) atoms. The minimum Gasteiger partial charge on any atom is -0.360 e. The van der Waals surface area contributed by atoms with E-state index in [4.69, 9.17) is 16.1 Å². The third-order valence-electron chi connectivity index (χ3n) is 3.82. The highest BCUT2D eigenvalue weighted by Crippen LogP contribution is 2.27. The van der Waals surface area contributed by atoms with E-state index in [2.05, 4.69) is 32.6 Å². The number of benzene rings is 1. The molecule has 1 aromatic carbocycles. The van der Waals surface area contributed by atoms with Gasteiger partial charge in [0.1, 0.15) is 5.76 Å². The van der Waals surface area contributed by atoms with E-state index in [9.17, 15) is 4.79 Å². The van der Waals surface area contributed by atoms with Gasteiger partial charge in [-0.15, -0.1) is 5.10 Å². The van der Waals surface area contributed by atoms with Crippen LogP contribution in [0.15, 0.2) is 40.0 Å². The van der Waals surface area contributed by atoms with Crippen molar-refractivity contribution in [2.45, 2.75) is 43.5 Å². The molecule has 0 bridgehead atoms. The summed E-state index contributed by atoms with van der Waals surface area (Å²) in [6.45, 7) is 3.87. The van der Waals surface area contributed by atoms with Gasteiger partial charge in [0.2, 0.25) is 11.1 Å².